The van der Waals surface area contributed by atoms with E-state index in [1.807, 2.05) is 88.9 Å². The molecular weight excluding hydrogens is 526 g/mol. The molecule has 1 amide bonds. The minimum atomic E-state index is -3.38. The van der Waals surface area contributed by atoms with Crippen molar-refractivity contribution >= 4 is 38.7 Å². The summed E-state index contributed by atoms with van der Waals surface area (Å²) in [6.45, 7) is 12.4. The molecule has 0 spiro atoms. The second-order valence-corrected chi connectivity index (χ2v) is 14.1. The van der Waals surface area contributed by atoms with Gasteiger partial charge in [0.1, 0.15) is 17.1 Å². The number of fused-ring (bicyclic) bond motifs is 2. The molecule has 0 aliphatic carbocycles. The third-order valence-corrected chi connectivity index (χ3v) is 9.00. The minimum Gasteiger partial charge on any atom is -0.444 e. The van der Waals surface area contributed by atoms with E-state index in [1.54, 1.807) is 17.0 Å². The van der Waals surface area contributed by atoms with Crippen LogP contribution < -0.4 is 4.90 Å². The number of carbonyl (C=O) groups is 1. The van der Waals surface area contributed by atoms with Crippen LogP contribution in [0.1, 0.15) is 51.3 Å². The van der Waals surface area contributed by atoms with Crippen molar-refractivity contribution < 1.29 is 22.7 Å². The Morgan fingerprint density at radius 2 is 1.90 bits per heavy atom. The van der Waals surface area contributed by atoms with E-state index >= 15 is 0 Å². The molecule has 0 N–H and O–H groups in total. The molecule has 1 fully saturated rings. The highest BCUT2D eigenvalue weighted by Gasteiger charge is 2.44. The van der Waals surface area contributed by atoms with Crippen molar-refractivity contribution in [2.24, 2.45) is 0 Å². The lowest BCUT2D eigenvalue weighted by Gasteiger charge is -2.34. The van der Waals surface area contributed by atoms with Crippen LogP contribution in [0, 0.1) is 6.92 Å². The van der Waals surface area contributed by atoms with Gasteiger partial charge in [-0.25, -0.2) is 18.2 Å². The summed E-state index contributed by atoms with van der Waals surface area (Å²) >= 11 is 0. The Labute approximate surface area is 236 Å². The van der Waals surface area contributed by atoms with Gasteiger partial charge in [0, 0.05) is 18.5 Å². The number of ether oxygens (including phenoxy) is 2. The van der Waals surface area contributed by atoms with Gasteiger partial charge in [-0.05, 0) is 76.9 Å². The number of aryl methyl sites for hydroxylation is 1. The van der Waals surface area contributed by atoms with Gasteiger partial charge in [-0.1, -0.05) is 42.0 Å². The van der Waals surface area contributed by atoms with Crippen LogP contribution in [0.25, 0.3) is 17.0 Å². The van der Waals surface area contributed by atoms with E-state index in [0.717, 1.165) is 27.6 Å². The zero-order valence-electron chi connectivity index (χ0n) is 24.0. The molecule has 9 heteroatoms. The molecule has 2 aliphatic heterocycles. The van der Waals surface area contributed by atoms with E-state index in [9.17, 15) is 13.2 Å². The Balaban J connectivity index is 1.53. The lowest BCUT2D eigenvalue weighted by Crippen LogP contribution is -2.49. The van der Waals surface area contributed by atoms with Crippen LogP contribution in [0.5, 0.6) is 0 Å². The van der Waals surface area contributed by atoms with Gasteiger partial charge < -0.3 is 14.4 Å². The molecule has 212 valence electrons. The van der Waals surface area contributed by atoms with Crippen LogP contribution in [0.3, 0.4) is 0 Å². The normalized spacial score (nSPS) is 20.5. The van der Waals surface area contributed by atoms with E-state index in [0.29, 0.717) is 30.4 Å². The van der Waals surface area contributed by atoms with Gasteiger partial charge in [0.2, 0.25) is 0 Å². The van der Waals surface area contributed by atoms with Gasteiger partial charge in [-0.3, -0.25) is 4.90 Å². The topological polar surface area (TPSA) is 89.0 Å². The van der Waals surface area contributed by atoms with Crippen molar-refractivity contribution in [2.45, 2.75) is 70.4 Å². The van der Waals surface area contributed by atoms with Gasteiger partial charge in [0.25, 0.3) is 0 Å². The second kappa shape index (κ2) is 10.2. The predicted octanol–water partition coefficient (Wildman–Crippen LogP) is 5.72. The van der Waals surface area contributed by atoms with Crippen molar-refractivity contribution in [1.82, 2.24) is 9.88 Å². The number of amides is 1. The number of nitrogens with zero attached hydrogens (tertiary/aromatic N) is 3. The van der Waals surface area contributed by atoms with Gasteiger partial charge in [0.15, 0.2) is 9.84 Å². The molecule has 1 unspecified atom stereocenters. The lowest BCUT2D eigenvalue weighted by molar-refractivity contribution is -0.0610. The number of pyridine rings is 1. The largest absolute Gasteiger partial charge is 0.444 e. The first-order valence-corrected chi connectivity index (χ1v) is 15.2. The predicted molar refractivity (Wildman–Crippen MR) is 157 cm³/mol. The molecule has 1 saturated heterocycles. The fourth-order valence-electron chi connectivity index (χ4n) is 5.26. The molecule has 40 heavy (non-hydrogen) atoms. The Hall–Kier alpha value is -3.43. The van der Waals surface area contributed by atoms with Gasteiger partial charge >= 0.3 is 6.09 Å². The zero-order valence-corrected chi connectivity index (χ0v) is 24.8. The zero-order chi connectivity index (χ0) is 28.9. The fourth-order valence-corrected chi connectivity index (χ4v) is 6.76. The number of rotatable bonds is 3. The molecule has 2 aromatic carbocycles. The summed E-state index contributed by atoms with van der Waals surface area (Å²) in [5.41, 5.74) is 2.17. The first-order valence-electron chi connectivity index (χ1n) is 13.5. The van der Waals surface area contributed by atoms with Crippen molar-refractivity contribution in [2.75, 3.05) is 23.8 Å². The fraction of sp³-hybridized carbons (Fsp3) is 0.419. The summed E-state index contributed by atoms with van der Waals surface area (Å²) in [7, 11) is -3.38. The maximum atomic E-state index is 13.1. The Kier molecular flexibility index (Phi) is 7.17. The average molecular weight is 564 g/mol. The average Bonchev–Trinajstić information content (AvgIpc) is 3.10. The highest BCUT2D eigenvalue weighted by molar-refractivity contribution is 7.91. The van der Waals surface area contributed by atoms with E-state index in [4.69, 9.17) is 14.5 Å². The highest BCUT2D eigenvalue weighted by Crippen LogP contribution is 2.33. The molecule has 2 aliphatic rings. The molecule has 0 saturated carbocycles. The molecule has 1 atom stereocenters. The highest BCUT2D eigenvalue weighted by atomic mass is 32.2. The molecule has 3 heterocycles. The van der Waals surface area contributed by atoms with E-state index in [-0.39, 0.29) is 11.8 Å². The van der Waals surface area contributed by atoms with Crippen LogP contribution in [-0.4, -0.2) is 60.7 Å². The van der Waals surface area contributed by atoms with E-state index in [2.05, 4.69) is 6.07 Å². The van der Waals surface area contributed by atoms with E-state index < -0.39 is 27.3 Å². The van der Waals surface area contributed by atoms with Crippen LogP contribution in [0.2, 0.25) is 0 Å². The smallest absolute Gasteiger partial charge is 0.413 e. The van der Waals surface area contributed by atoms with Crippen molar-refractivity contribution in [3.63, 3.8) is 0 Å². The molecule has 1 aromatic heterocycles. The number of sulfone groups is 1. The number of aromatic nitrogens is 1. The number of hydrogen-bond donors (Lipinski definition) is 0. The molecule has 0 bridgehead atoms. The van der Waals surface area contributed by atoms with Gasteiger partial charge in [-0.2, -0.15) is 0 Å². The van der Waals surface area contributed by atoms with Gasteiger partial charge in [-0.15, -0.1) is 0 Å². The maximum absolute atomic E-state index is 13.1. The van der Waals surface area contributed by atoms with Crippen LogP contribution >= 0.6 is 0 Å². The summed E-state index contributed by atoms with van der Waals surface area (Å²) in [5, 5.41) is 0.977. The van der Waals surface area contributed by atoms with Crippen molar-refractivity contribution in [3.05, 3.63) is 71.3 Å². The third kappa shape index (κ3) is 5.71. The van der Waals surface area contributed by atoms with Gasteiger partial charge in [0.05, 0.1) is 28.8 Å². The summed E-state index contributed by atoms with van der Waals surface area (Å²) in [6.07, 6.45) is 3.55. The number of anilines is 1. The number of benzene rings is 2. The summed E-state index contributed by atoms with van der Waals surface area (Å²) in [4.78, 5) is 22.1. The molecule has 8 nitrogen and oxygen atoms in total. The number of hydrogen-bond acceptors (Lipinski definition) is 7. The summed E-state index contributed by atoms with van der Waals surface area (Å²) in [5.74, 6) is 0.720. The maximum Gasteiger partial charge on any atom is 0.413 e. The Morgan fingerprint density at radius 1 is 1.15 bits per heavy atom. The first kappa shape index (κ1) is 28.1. The second-order valence-electron chi connectivity index (χ2n) is 12.0. The van der Waals surface area contributed by atoms with Crippen LogP contribution in [0.4, 0.5) is 10.6 Å². The third-order valence-electron chi connectivity index (χ3n) is 7.21. The Bertz CT molecular complexity index is 1590. The van der Waals surface area contributed by atoms with Crippen molar-refractivity contribution in [3.8, 4) is 0 Å². The number of carbonyl (C=O) groups excluding carboxylic acids is 1. The van der Waals surface area contributed by atoms with E-state index in [1.165, 1.54) is 0 Å². The first-order chi connectivity index (χ1) is 18.7. The molecule has 0 radical (unpaired) electrons. The lowest BCUT2D eigenvalue weighted by atomic mass is 10.0. The summed E-state index contributed by atoms with van der Waals surface area (Å²) < 4.78 is 37.6. The quantitative estimate of drug-likeness (QED) is 0.403. The van der Waals surface area contributed by atoms with Crippen molar-refractivity contribution in [1.29, 1.82) is 0 Å². The molecule has 3 aromatic rings. The monoisotopic (exact) mass is 563 g/mol. The Morgan fingerprint density at radius 3 is 2.65 bits per heavy atom. The van der Waals surface area contributed by atoms with Crippen LogP contribution in [-0.2, 0) is 25.9 Å². The molecule has 5 rings (SSSR count). The SMILES string of the molecule is Cc1ccc2nc(N3CCS(=O)(=O)c4ccccc4C3)cc(C=CC3COC(C)(C)N3C(=O)OC(C)(C)C)c2c1. The minimum absolute atomic E-state index is 0.0160. The molecular formula is C31H37N3O5S. The van der Waals surface area contributed by atoms with Crippen LogP contribution in [0.15, 0.2) is 59.5 Å². The standard InChI is InChI=1S/C31H37N3O5S/c1-21-11-14-26-25(17-21)22(12-13-24-20-38-31(5,6)34(24)29(35)39-30(2,3)4)18-28(32-26)33-15-16-40(36,37)27-10-8-7-9-23(27)19-33/h7-14,17-18,24H,15-16,19-20H2,1-6H3. The summed E-state index contributed by atoms with van der Waals surface area (Å²) in [6, 6.07) is 15.0.